The molecule has 1 amide bonds. The molecule has 0 aromatic heterocycles. The average molecular weight is 313 g/mol. The van der Waals surface area contributed by atoms with E-state index in [2.05, 4.69) is 5.32 Å². The lowest BCUT2D eigenvalue weighted by atomic mass is 10.1. The van der Waals surface area contributed by atoms with Crippen LogP contribution in [-0.2, 0) is 14.6 Å². The largest absolute Gasteiger partial charge is 0.339 e. The minimum atomic E-state index is -3.05. The van der Waals surface area contributed by atoms with Gasteiger partial charge in [0.25, 0.3) is 0 Å². The summed E-state index contributed by atoms with van der Waals surface area (Å²) in [5, 5.41) is 3.29. The third kappa shape index (κ3) is 6.58. The van der Waals surface area contributed by atoms with Gasteiger partial charge in [-0.1, -0.05) is 0 Å². The molecule has 1 aliphatic heterocycles. The first-order valence-electron chi connectivity index (χ1n) is 6.54. The van der Waals surface area contributed by atoms with Gasteiger partial charge in [0, 0.05) is 31.3 Å². The van der Waals surface area contributed by atoms with Crippen LogP contribution in [0.1, 0.15) is 33.1 Å². The average Bonchev–Trinajstić information content (AvgIpc) is 2.68. The Hall–Kier alpha value is -0.330. The minimum Gasteiger partial charge on any atom is -0.339 e. The van der Waals surface area contributed by atoms with Gasteiger partial charge in [0.1, 0.15) is 9.84 Å². The molecule has 1 fully saturated rings. The Labute approximate surface area is 122 Å². The zero-order valence-electron chi connectivity index (χ0n) is 11.9. The SMILES string of the molecule is CCN(C(=O)CC1CCCN1)C(C)CS(C)(=O)=O.Cl. The number of rotatable bonds is 6. The van der Waals surface area contributed by atoms with E-state index in [1.807, 2.05) is 6.92 Å². The van der Waals surface area contributed by atoms with Gasteiger partial charge in [-0.25, -0.2) is 8.42 Å². The summed E-state index contributed by atoms with van der Waals surface area (Å²) in [6.45, 7) is 5.22. The van der Waals surface area contributed by atoms with Crippen molar-refractivity contribution in [3.05, 3.63) is 0 Å². The summed E-state index contributed by atoms with van der Waals surface area (Å²) in [4.78, 5) is 13.8. The highest BCUT2D eigenvalue weighted by atomic mass is 35.5. The van der Waals surface area contributed by atoms with Gasteiger partial charge in [0.2, 0.25) is 5.91 Å². The van der Waals surface area contributed by atoms with E-state index in [0.29, 0.717) is 13.0 Å². The van der Waals surface area contributed by atoms with Crippen LogP contribution < -0.4 is 5.32 Å². The topological polar surface area (TPSA) is 66.5 Å². The Balaban J connectivity index is 0.00000324. The molecule has 0 aromatic rings. The summed E-state index contributed by atoms with van der Waals surface area (Å²) in [6, 6.07) is 0.0101. The van der Waals surface area contributed by atoms with Crippen LogP contribution in [0.5, 0.6) is 0 Å². The molecule has 0 spiro atoms. The summed E-state index contributed by atoms with van der Waals surface area (Å²) in [6.07, 6.45) is 3.83. The van der Waals surface area contributed by atoms with Crippen LogP contribution in [0.25, 0.3) is 0 Å². The van der Waals surface area contributed by atoms with E-state index >= 15 is 0 Å². The fourth-order valence-electron chi connectivity index (χ4n) is 2.52. The second kappa shape index (κ2) is 8.07. The highest BCUT2D eigenvalue weighted by molar-refractivity contribution is 7.90. The first-order valence-corrected chi connectivity index (χ1v) is 8.60. The first kappa shape index (κ1) is 18.7. The van der Waals surface area contributed by atoms with Crippen molar-refractivity contribution < 1.29 is 13.2 Å². The van der Waals surface area contributed by atoms with Crippen LogP contribution in [0.3, 0.4) is 0 Å². The molecule has 2 atom stereocenters. The highest BCUT2D eigenvalue weighted by Gasteiger charge is 2.25. The smallest absolute Gasteiger partial charge is 0.224 e. The van der Waals surface area contributed by atoms with Crippen molar-refractivity contribution in [1.82, 2.24) is 10.2 Å². The highest BCUT2D eigenvalue weighted by Crippen LogP contribution is 2.12. The maximum atomic E-state index is 12.1. The van der Waals surface area contributed by atoms with Gasteiger partial charge in [-0.15, -0.1) is 12.4 Å². The summed E-state index contributed by atoms with van der Waals surface area (Å²) in [5.41, 5.74) is 0. The molecule has 0 bridgehead atoms. The van der Waals surface area contributed by atoms with Crippen molar-refractivity contribution in [3.8, 4) is 0 Å². The van der Waals surface area contributed by atoms with Crippen molar-refractivity contribution in [2.45, 2.75) is 45.2 Å². The molecule has 2 unspecified atom stereocenters. The van der Waals surface area contributed by atoms with Crippen LogP contribution in [-0.4, -0.2) is 56.4 Å². The number of halogens is 1. The molecule has 0 aromatic carbocycles. The van der Waals surface area contributed by atoms with E-state index in [-0.39, 0.29) is 36.2 Å². The Kier molecular flexibility index (Phi) is 7.93. The molecule has 1 rings (SSSR count). The molecule has 114 valence electrons. The van der Waals surface area contributed by atoms with Gasteiger partial charge in [-0.05, 0) is 33.2 Å². The van der Waals surface area contributed by atoms with Crippen LogP contribution in [0.2, 0.25) is 0 Å². The van der Waals surface area contributed by atoms with Crippen LogP contribution in [0.15, 0.2) is 0 Å². The lowest BCUT2D eigenvalue weighted by Crippen LogP contribution is -2.44. The number of hydrogen-bond acceptors (Lipinski definition) is 4. The predicted molar refractivity (Wildman–Crippen MR) is 79.4 cm³/mol. The molecule has 0 aliphatic carbocycles. The molecule has 7 heteroatoms. The number of carbonyl (C=O) groups excluding carboxylic acids is 1. The van der Waals surface area contributed by atoms with Gasteiger partial charge in [0.15, 0.2) is 0 Å². The molecule has 0 radical (unpaired) electrons. The number of hydrogen-bond donors (Lipinski definition) is 1. The van der Waals surface area contributed by atoms with E-state index < -0.39 is 9.84 Å². The molecule has 19 heavy (non-hydrogen) atoms. The van der Waals surface area contributed by atoms with E-state index in [9.17, 15) is 13.2 Å². The fourth-order valence-corrected chi connectivity index (χ4v) is 3.58. The predicted octanol–water partition coefficient (Wildman–Crippen LogP) is 0.832. The number of amides is 1. The Morgan fingerprint density at radius 1 is 1.47 bits per heavy atom. The van der Waals surface area contributed by atoms with Gasteiger partial charge in [-0.3, -0.25) is 4.79 Å². The van der Waals surface area contributed by atoms with E-state index in [1.165, 1.54) is 6.26 Å². The van der Waals surface area contributed by atoms with Crippen molar-refractivity contribution >= 4 is 28.2 Å². The molecular weight excluding hydrogens is 288 g/mol. The maximum absolute atomic E-state index is 12.1. The molecule has 1 saturated heterocycles. The number of nitrogens with one attached hydrogen (secondary N) is 1. The van der Waals surface area contributed by atoms with Crippen LogP contribution >= 0.6 is 12.4 Å². The van der Waals surface area contributed by atoms with Crippen molar-refractivity contribution in [2.24, 2.45) is 0 Å². The number of nitrogens with zero attached hydrogens (tertiary/aromatic N) is 1. The van der Waals surface area contributed by atoms with Crippen LogP contribution in [0, 0.1) is 0 Å². The normalized spacial score (nSPS) is 20.7. The van der Waals surface area contributed by atoms with Crippen molar-refractivity contribution in [3.63, 3.8) is 0 Å². The zero-order chi connectivity index (χ0) is 13.8. The standard InChI is InChI=1S/C12H24N2O3S.ClH/c1-4-14(10(2)9-18(3,16)17)12(15)8-11-6-5-7-13-11;/h10-11,13H,4-9H2,1-3H3;1H. The zero-order valence-corrected chi connectivity index (χ0v) is 13.5. The fraction of sp³-hybridized carbons (Fsp3) is 0.917. The molecule has 1 heterocycles. The van der Waals surface area contributed by atoms with Crippen molar-refractivity contribution in [2.75, 3.05) is 25.1 Å². The Morgan fingerprint density at radius 3 is 2.53 bits per heavy atom. The van der Waals surface area contributed by atoms with E-state index in [4.69, 9.17) is 0 Å². The lowest BCUT2D eigenvalue weighted by Gasteiger charge is -2.28. The van der Waals surface area contributed by atoms with E-state index in [1.54, 1.807) is 11.8 Å². The maximum Gasteiger partial charge on any atom is 0.224 e. The number of sulfone groups is 1. The lowest BCUT2D eigenvalue weighted by molar-refractivity contribution is -0.133. The summed E-state index contributed by atoms with van der Waals surface area (Å²) < 4.78 is 22.6. The second-order valence-electron chi connectivity index (χ2n) is 5.12. The monoisotopic (exact) mass is 312 g/mol. The molecule has 0 saturated carbocycles. The quantitative estimate of drug-likeness (QED) is 0.789. The van der Waals surface area contributed by atoms with E-state index in [0.717, 1.165) is 19.4 Å². The third-order valence-corrected chi connectivity index (χ3v) is 4.41. The van der Waals surface area contributed by atoms with Crippen LogP contribution in [0.4, 0.5) is 0 Å². The van der Waals surface area contributed by atoms with Gasteiger partial charge < -0.3 is 10.2 Å². The molecule has 1 N–H and O–H groups in total. The summed E-state index contributed by atoms with van der Waals surface area (Å²) in [7, 11) is -3.05. The second-order valence-corrected chi connectivity index (χ2v) is 7.30. The first-order chi connectivity index (χ1) is 8.33. The summed E-state index contributed by atoms with van der Waals surface area (Å²) in [5.74, 6) is 0.0815. The van der Waals surface area contributed by atoms with Gasteiger partial charge in [-0.2, -0.15) is 0 Å². The minimum absolute atomic E-state index is 0. The van der Waals surface area contributed by atoms with Gasteiger partial charge >= 0.3 is 0 Å². The summed E-state index contributed by atoms with van der Waals surface area (Å²) >= 11 is 0. The van der Waals surface area contributed by atoms with Gasteiger partial charge in [0.05, 0.1) is 5.75 Å². The van der Waals surface area contributed by atoms with Crippen molar-refractivity contribution in [1.29, 1.82) is 0 Å². The molecule has 5 nitrogen and oxygen atoms in total. The molecular formula is C12H25ClN2O3S. The third-order valence-electron chi connectivity index (χ3n) is 3.32. The Bertz CT molecular complexity index is 380. The number of carbonyl (C=O) groups is 1. The Morgan fingerprint density at radius 2 is 2.11 bits per heavy atom. The molecule has 1 aliphatic rings.